The summed E-state index contributed by atoms with van der Waals surface area (Å²) >= 11 is 0. The van der Waals surface area contributed by atoms with Crippen LogP contribution in [0, 0.1) is 5.92 Å². The Morgan fingerprint density at radius 3 is 2.86 bits per heavy atom. The summed E-state index contributed by atoms with van der Waals surface area (Å²) in [5, 5.41) is 4.71. The van der Waals surface area contributed by atoms with Gasteiger partial charge in [0.15, 0.2) is 0 Å². The summed E-state index contributed by atoms with van der Waals surface area (Å²) in [5.41, 5.74) is 1.04. The zero-order chi connectivity index (χ0) is 14.1. The first-order valence-electron chi connectivity index (χ1n) is 8.08. The van der Waals surface area contributed by atoms with Crippen LogP contribution < -0.4 is 10.2 Å². The fourth-order valence-electron chi connectivity index (χ4n) is 3.14. The van der Waals surface area contributed by atoms with Crippen LogP contribution >= 0.6 is 0 Å². The van der Waals surface area contributed by atoms with Crippen molar-refractivity contribution in [2.45, 2.75) is 31.7 Å². The normalized spacial score (nSPS) is 21.8. The van der Waals surface area contributed by atoms with Gasteiger partial charge in [0.1, 0.15) is 0 Å². The summed E-state index contributed by atoms with van der Waals surface area (Å²) in [5.74, 6) is 1.75. The van der Waals surface area contributed by atoms with Gasteiger partial charge in [-0.1, -0.05) is 18.2 Å². The van der Waals surface area contributed by atoms with Crippen LogP contribution in [0.2, 0.25) is 0 Å². The molecular formula is C17H22N4. The molecule has 4 nitrogen and oxygen atoms in total. The number of anilines is 1. The van der Waals surface area contributed by atoms with Crippen LogP contribution in [0.3, 0.4) is 0 Å². The van der Waals surface area contributed by atoms with Gasteiger partial charge in [-0.3, -0.25) is 0 Å². The van der Waals surface area contributed by atoms with E-state index in [2.05, 4.69) is 27.3 Å². The summed E-state index contributed by atoms with van der Waals surface area (Å²) in [7, 11) is 0. The van der Waals surface area contributed by atoms with Gasteiger partial charge in [-0.15, -0.1) is 0 Å². The molecule has 2 aromatic rings. The first-order chi connectivity index (χ1) is 10.4. The van der Waals surface area contributed by atoms with E-state index in [9.17, 15) is 0 Å². The number of hydrogen-bond acceptors (Lipinski definition) is 4. The van der Waals surface area contributed by atoms with E-state index < -0.39 is 0 Å². The zero-order valence-corrected chi connectivity index (χ0v) is 12.3. The average Bonchev–Trinajstić information content (AvgIpc) is 3.19. The minimum absolute atomic E-state index is 0.596. The molecule has 0 bridgehead atoms. The topological polar surface area (TPSA) is 41.1 Å². The van der Waals surface area contributed by atoms with Gasteiger partial charge in [-0.05, 0) is 44.2 Å². The van der Waals surface area contributed by atoms with Gasteiger partial charge >= 0.3 is 0 Å². The fraction of sp³-hybridized carbons (Fsp3) is 0.529. The van der Waals surface area contributed by atoms with E-state index in [0.29, 0.717) is 6.04 Å². The number of para-hydroxylation sites is 1. The second-order valence-corrected chi connectivity index (χ2v) is 6.37. The third-order valence-corrected chi connectivity index (χ3v) is 4.54. The Morgan fingerprint density at radius 2 is 2.05 bits per heavy atom. The summed E-state index contributed by atoms with van der Waals surface area (Å²) in [4.78, 5) is 11.8. The Balaban J connectivity index is 1.59. The molecule has 1 aliphatic carbocycles. The Labute approximate surface area is 125 Å². The van der Waals surface area contributed by atoms with E-state index in [4.69, 9.17) is 4.98 Å². The summed E-state index contributed by atoms with van der Waals surface area (Å²) in [6, 6.07) is 8.82. The maximum absolute atomic E-state index is 4.79. The lowest BCUT2D eigenvalue weighted by Gasteiger charge is -2.26. The number of benzene rings is 1. The maximum atomic E-state index is 4.79. The SMILES string of the molecule is c1ccc2nc(N(CC3CC3)CC3CCCN3)ncc2c1. The van der Waals surface area contributed by atoms with E-state index in [1.165, 1.54) is 25.7 Å². The van der Waals surface area contributed by atoms with Crippen molar-refractivity contribution < 1.29 is 0 Å². The van der Waals surface area contributed by atoms with Crippen LogP contribution in [-0.4, -0.2) is 35.6 Å². The quantitative estimate of drug-likeness (QED) is 0.915. The number of aromatic nitrogens is 2. The smallest absolute Gasteiger partial charge is 0.225 e. The van der Waals surface area contributed by atoms with Crippen LogP contribution in [0.15, 0.2) is 30.5 Å². The fourth-order valence-corrected chi connectivity index (χ4v) is 3.14. The first kappa shape index (κ1) is 13.0. The molecule has 0 amide bonds. The van der Waals surface area contributed by atoms with Crippen molar-refractivity contribution >= 4 is 16.9 Å². The minimum Gasteiger partial charge on any atom is -0.339 e. The highest BCUT2D eigenvalue weighted by molar-refractivity contribution is 5.78. The number of rotatable bonds is 5. The van der Waals surface area contributed by atoms with Gasteiger partial charge in [0.2, 0.25) is 5.95 Å². The average molecular weight is 282 g/mol. The molecule has 0 spiro atoms. The van der Waals surface area contributed by atoms with E-state index >= 15 is 0 Å². The molecule has 110 valence electrons. The van der Waals surface area contributed by atoms with Gasteiger partial charge < -0.3 is 10.2 Å². The molecule has 1 aromatic heterocycles. The zero-order valence-electron chi connectivity index (χ0n) is 12.3. The second-order valence-electron chi connectivity index (χ2n) is 6.37. The van der Waals surface area contributed by atoms with E-state index in [1.54, 1.807) is 0 Å². The molecule has 2 fully saturated rings. The second kappa shape index (κ2) is 5.60. The number of nitrogens with one attached hydrogen (secondary N) is 1. The van der Waals surface area contributed by atoms with Crippen LogP contribution in [0.5, 0.6) is 0 Å². The highest BCUT2D eigenvalue weighted by Gasteiger charge is 2.27. The summed E-state index contributed by atoms with van der Waals surface area (Å²) < 4.78 is 0. The largest absolute Gasteiger partial charge is 0.339 e. The van der Waals surface area contributed by atoms with Crippen LogP contribution in [0.1, 0.15) is 25.7 Å². The van der Waals surface area contributed by atoms with Crippen molar-refractivity contribution in [2.24, 2.45) is 5.92 Å². The predicted molar refractivity (Wildman–Crippen MR) is 85.5 cm³/mol. The molecule has 1 aromatic carbocycles. The molecule has 4 rings (SSSR count). The number of hydrogen-bond donors (Lipinski definition) is 1. The van der Waals surface area contributed by atoms with E-state index in [1.807, 2.05) is 18.3 Å². The van der Waals surface area contributed by atoms with Crippen molar-refractivity contribution in [3.05, 3.63) is 30.5 Å². The van der Waals surface area contributed by atoms with Gasteiger partial charge in [0, 0.05) is 30.7 Å². The molecule has 2 aliphatic rings. The molecule has 1 saturated heterocycles. The van der Waals surface area contributed by atoms with Crippen molar-refractivity contribution in [2.75, 3.05) is 24.5 Å². The van der Waals surface area contributed by atoms with Crippen LogP contribution in [0.25, 0.3) is 10.9 Å². The molecule has 4 heteroatoms. The minimum atomic E-state index is 0.596. The Morgan fingerprint density at radius 1 is 1.14 bits per heavy atom. The summed E-state index contributed by atoms with van der Waals surface area (Å²) in [6.45, 7) is 3.30. The van der Waals surface area contributed by atoms with Crippen molar-refractivity contribution in [1.82, 2.24) is 15.3 Å². The van der Waals surface area contributed by atoms with Gasteiger partial charge in [-0.25, -0.2) is 9.97 Å². The highest BCUT2D eigenvalue weighted by atomic mass is 15.3. The van der Waals surface area contributed by atoms with Gasteiger partial charge in [0.25, 0.3) is 0 Å². The van der Waals surface area contributed by atoms with Crippen molar-refractivity contribution in [3.63, 3.8) is 0 Å². The maximum Gasteiger partial charge on any atom is 0.225 e. The number of nitrogens with zero attached hydrogens (tertiary/aromatic N) is 3. The predicted octanol–water partition coefficient (Wildman–Crippen LogP) is 2.60. The Bertz CT molecular complexity index is 617. The molecule has 1 N–H and O–H groups in total. The molecule has 0 radical (unpaired) electrons. The van der Waals surface area contributed by atoms with E-state index in [0.717, 1.165) is 42.4 Å². The number of fused-ring (bicyclic) bond motifs is 1. The molecule has 1 atom stereocenters. The lowest BCUT2D eigenvalue weighted by Crippen LogP contribution is -2.39. The molecule has 1 unspecified atom stereocenters. The Hall–Kier alpha value is -1.68. The first-order valence-corrected chi connectivity index (χ1v) is 8.08. The standard InChI is InChI=1S/C17H22N4/c1-2-6-16-14(4-1)10-19-17(20-16)21(11-13-7-8-13)12-15-5-3-9-18-15/h1-2,4,6,10,13,15,18H,3,5,7-9,11-12H2. The van der Waals surface area contributed by atoms with Crippen LogP contribution in [-0.2, 0) is 0 Å². The third kappa shape index (κ3) is 3.00. The molecule has 2 heterocycles. The van der Waals surface area contributed by atoms with Crippen LogP contribution in [0.4, 0.5) is 5.95 Å². The lowest BCUT2D eigenvalue weighted by molar-refractivity contribution is 0.563. The van der Waals surface area contributed by atoms with E-state index in [-0.39, 0.29) is 0 Å². The molecule has 1 aliphatic heterocycles. The summed E-state index contributed by atoms with van der Waals surface area (Å²) in [6.07, 6.45) is 7.25. The molecule has 21 heavy (non-hydrogen) atoms. The Kier molecular flexibility index (Phi) is 3.47. The van der Waals surface area contributed by atoms with Gasteiger partial charge in [-0.2, -0.15) is 0 Å². The van der Waals surface area contributed by atoms with Crippen molar-refractivity contribution in [1.29, 1.82) is 0 Å². The monoisotopic (exact) mass is 282 g/mol. The third-order valence-electron chi connectivity index (χ3n) is 4.54. The highest BCUT2D eigenvalue weighted by Crippen LogP contribution is 2.31. The molecule has 1 saturated carbocycles. The van der Waals surface area contributed by atoms with Crippen molar-refractivity contribution in [3.8, 4) is 0 Å². The molecular weight excluding hydrogens is 260 g/mol. The van der Waals surface area contributed by atoms with Gasteiger partial charge in [0.05, 0.1) is 5.52 Å². The lowest BCUT2D eigenvalue weighted by atomic mass is 10.2.